The van der Waals surface area contributed by atoms with Gasteiger partial charge in [0.25, 0.3) is 0 Å². The van der Waals surface area contributed by atoms with Gasteiger partial charge in [-0.2, -0.15) is 5.26 Å². The minimum atomic E-state index is -0.718. The normalized spacial score (nSPS) is 27.4. The first-order valence-corrected chi connectivity index (χ1v) is 8.72. The standard InChI is InChI=1S/C17H29N3O2/c18-8-9-20-12-15(6-7-17(21)22)10-16(13-20)19-11-14-4-2-1-3-5-14/h14-16,19H,1-7,9-13H2,(H,21,22). The summed E-state index contributed by atoms with van der Waals surface area (Å²) >= 11 is 0. The molecule has 22 heavy (non-hydrogen) atoms. The molecule has 1 saturated heterocycles. The van der Waals surface area contributed by atoms with Crippen molar-refractivity contribution in [3.8, 4) is 6.07 Å². The minimum absolute atomic E-state index is 0.237. The van der Waals surface area contributed by atoms with E-state index in [1.807, 2.05) is 0 Å². The lowest BCUT2D eigenvalue weighted by Gasteiger charge is -2.38. The quantitative estimate of drug-likeness (QED) is 0.705. The van der Waals surface area contributed by atoms with Gasteiger partial charge in [0.05, 0.1) is 12.6 Å². The molecular formula is C17H29N3O2. The van der Waals surface area contributed by atoms with Crippen molar-refractivity contribution in [3.63, 3.8) is 0 Å². The first kappa shape index (κ1) is 17.2. The highest BCUT2D eigenvalue weighted by molar-refractivity contribution is 5.66. The summed E-state index contributed by atoms with van der Waals surface area (Å²) in [5.74, 6) is 0.476. The molecule has 0 amide bonds. The molecule has 5 nitrogen and oxygen atoms in total. The van der Waals surface area contributed by atoms with E-state index in [0.717, 1.165) is 38.4 Å². The maximum absolute atomic E-state index is 10.8. The maximum Gasteiger partial charge on any atom is 0.303 e. The monoisotopic (exact) mass is 307 g/mol. The molecule has 2 aliphatic rings. The van der Waals surface area contributed by atoms with Gasteiger partial charge in [0.1, 0.15) is 0 Å². The molecule has 1 aliphatic heterocycles. The van der Waals surface area contributed by atoms with Gasteiger partial charge in [-0.05, 0) is 44.1 Å². The van der Waals surface area contributed by atoms with E-state index in [-0.39, 0.29) is 6.42 Å². The first-order valence-electron chi connectivity index (χ1n) is 8.72. The molecule has 0 spiro atoms. The second-order valence-electron chi connectivity index (χ2n) is 7.00. The minimum Gasteiger partial charge on any atom is -0.481 e. The fraction of sp³-hybridized carbons (Fsp3) is 0.882. The lowest BCUT2D eigenvalue weighted by atomic mass is 9.87. The van der Waals surface area contributed by atoms with Crippen molar-refractivity contribution in [2.24, 2.45) is 11.8 Å². The Morgan fingerprint density at radius 2 is 2.00 bits per heavy atom. The fourth-order valence-electron chi connectivity index (χ4n) is 3.94. The highest BCUT2D eigenvalue weighted by Gasteiger charge is 2.27. The largest absolute Gasteiger partial charge is 0.481 e. The Hall–Kier alpha value is -1.12. The summed E-state index contributed by atoms with van der Waals surface area (Å²) in [7, 11) is 0. The number of hydrogen-bond donors (Lipinski definition) is 2. The van der Waals surface area contributed by atoms with Gasteiger partial charge in [-0.3, -0.25) is 9.69 Å². The number of nitriles is 1. The molecule has 2 unspecified atom stereocenters. The molecule has 0 aromatic heterocycles. The summed E-state index contributed by atoms with van der Waals surface area (Å²) in [6, 6.07) is 2.64. The smallest absolute Gasteiger partial charge is 0.303 e. The van der Waals surface area contributed by atoms with Gasteiger partial charge < -0.3 is 10.4 Å². The van der Waals surface area contributed by atoms with Crippen LogP contribution in [0.1, 0.15) is 51.4 Å². The lowest BCUT2D eigenvalue weighted by molar-refractivity contribution is -0.137. The van der Waals surface area contributed by atoms with E-state index in [0.29, 0.717) is 18.5 Å². The van der Waals surface area contributed by atoms with Gasteiger partial charge in [-0.25, -0.2) is 0 Å². The van der Waals surface area contributed by atoms with Crippen LogP contribution in [0.3, 0.4) is 0 Å². The number of nitrogens with one attached hydrogen (secondary N) is 1. The molecule has 0 aromatic carbocycles. The number of nitrogens with zero attached hydrogens (tertiary/aromatic N) is 2. The van der Waals surface area contributed by atoms with Crippen molar-refractivity contribution in [3.05, 3.63) is 0 Å². The summed E-state index contributed by atoms with van der Waals surface area (Å²) < 4.78 is 0. The molecule has 0 radical (unpaired) electrons. The average Bonchev–Trinajstić information content (AvgIpc) is 2.52. The highest BCUT2D eigenvalue weighted by atomic mass is 16.4. The zero-order valence-electron chi connectivity index (χ0n) is 13.5. The molecule has 2 rings (SSSR count). The van der Waals surface area contributed by atoms with Crippen LogP contribution in [0.4, 0.5) is 0 Å². The van der Waals surface area contributed by atoms with E-state index in [1.165, 1.54) is 32.1 Å². The summed E-state index contributed by atoms with van der Waals surface area (Å²) in [6.07, 6.45) is 8.78. The molecule has 2 atom stereocenters. The summed E-state index contributed by atoms with van der Waals surface area (Å²) in [5, 5.41) is 21.5. The number of aliphatic carboxylic acids is 1. The Labute approximate surface area is 133 Å². The Morgan fingerprint density at radius 1 is 1.23 bits per heavy atom. The number of carbonyl (C=O) groups is 1. The zero-order valence-corrected chi connectivity index (χ0v) is 13.5. The predicted octanol–water partition coefficient (Wildman–Crippen LogP) is 2.24. The van der Waals surface area contributed by atoms with Crippen molar-refractivity contribution in [1.82, 2.24) is 10.2 Å². The van der Waals surface area contributed by atoms with Crippen LogP contribution in [0.25, 0.3) is 0 Å². The van der Waals surface area contributed by atoms with E-state index in [9.17, 15) is 4.79 Å². The van der Waals surface area contributed by atoms with Crippen LogP contribution in [-0.2, 0) is 4.79 Å². The molecule has 0 bridgehead atoms. The molecule has 1 heterocycles. The van der Waals surface area contributed by atoms with Crippen LogP contribution in [-0.4, -0.2) is 48.2 Å². The van der Waals surface area contributed by atoms with Gasteiger partial charge in [-0.1, -0.05) is 19.3 Å². The number of hydrogen-bond acceptors (Lipinski definition) is 4. The van der Waals surface area contributed by atoms with Crippen LogP contribution >= 0.6 is 0 Å². The number of rotatable bonds is 7. The molecule has 5 heteroatoms. The van der Waals surface area contributed by atoms with Gasteiger partial charge in [-0.15, -0.1) is 0 Å². The van der Waals surface area contributed by atoms with Gasteiger partial charge >= 0.3 is 5.97 Å². The van der Waals surface area contributed by atoms with E-state index in [1.54, 1.807) is 0 Å². The summed E-state index contributed by atoms with van der Waals surface area (Å²) in [4.78, 5) is 13.0. The molecule has 0 aromatic rings. The highest BCUT2D eigenvalue weighted by Crippen LogP contribution is 2.25. The van der Waals surface area contributed by atoms with E-state index < -0.39 is 5.97 Å². The lowest BCUT2D eigenvalue weighted by Crippen LogP contribution is -2.50. The van der Waals surface area contributed by atoms with Crippen molar-refractivity contribution < 1.29 is 9.90 Å². The third-order valence-corrected chi connectivity index (χ3v) is 5.09. The van der Waals surface area contributed by atoms with Gasteiger partial charge in [0.2, 0.25) is 0 Å². The molecule has 1 aliphatic carbocycles. The number of piperidine rings is 1. The third kappa shape index (κ3) is 5.94. The Kier molecular flexibility index (Phi) is 7.14. The molecule has 2 fully saturated rings. The second kappa shape index (κ2) is 9.12. The average molecular weight is 307 g/mol. The van der Waals surface area contributed by atoms with Crippen LogP contribution in [0, 0.1) is 23.2 Å². The Balaban J connectivity index is 1.79. The van der Waals surface area contributed by atoms with Crippen molar-refractivity contribution >= 4 is 5.97 Å². The Morgan fingerprint density at radius 3 is 2.68 bits per heavy atom. The van der Waals surface area contributed by atoms with E-state index in [4.69, 9.17) is 10.4 Å². The van der Waals surface area contributed by atoms with Crippen molar-refractivity contribution in [2.45, 2.75) is 57.4 Å². The molecule has 1 saturated carbocycles. The van der Waals surface area contributed by atoms with Crippen LogP contribution in [0.15, 0.2) is 0 Å². The number of likely N-dealkylation sites (tertiary alicyclic amines) is 1. The van der Waals surface area contributed by atoms with E-state index >= 15 is 0 Å². The number of carboxylic acid groups (broad SMARTS) is 1. The van der Waals surface area contributed by atoms with Crippen LogP contribution in [0.5, 0.6) is 0 Å². The maximum atomic E-state index is 10.8. The summed E-state index contributed by atoms with van der Waals surface area (Å²) in [6.45, 7) is 3.31. The topological polar surface area (TPSA) is 76.4 Å². The van der Waals surface area contributed by atoms with Crippen LogP contribution in [0.2, 0.25) is 0 Å². The molecular weight excluding hydrogens is 278 g/mol. The van der Waals surface area contributed by atoms with Crippen LogP contribution < -0.4 is 5.32 Å². The number of carboxylic acids is 1. The van der Waals surface area contributed by atoms with Gasteiger partial charge in [0, 0.05) is 25.6 Å². The fourth-order valence-corrected chi connectivity index (χ4v) is 3.94. The third-order valence-electron chi connectivity index (χ3n) is 5.09. The molecule has 124 valence electrons. The Bertz CT molecular complexity index is 388. The van der Waals surface area contributed by atoms with Crippen molar-refractivity contribution in [1.29, 1.82) is 5.26 Å². The second-order valence-corrected chi connectivity index (χ2v) is 7.00. The molecule has 2 N–H and O–H groups in total. The van der Waals surface area contributed by atoms with Crippen molar-refractivity contribution in [2.75, 3.05) is 26.2 Å². The SMILES string of the molecule is N#CCN1CC(CCC(=O)O)CC(NCC2CCCCC2)C1. The predicted molar refractivity (Wildman–Crippen MR) is 85.4 cm³/mol. The summed E-state index contributed by atoms with van der Waals surface area (Å²) in [5.41, 5.74) is 0. The zero-order chi connectivity index (χ0) is 15.8. The van der Waals surface area contributed by atoms with Gasteiger partial charge in [0.15, 0.2) is 0 Å². The first-order chi connectivity index (χ1) is 10.7. The van der Waals surface area contributed by atoms with E-state index in [2.05, 4.69) is 16.3 Å².